The van der Waals surface area contributed by atoms with Gasteiger partial charge in [-0.15, -0.1) is 0 Å². The largest absolute Gasteiger partial charge is 0.497 e. The molecule has 2 aromatic carbocycles. The zero-order valence-corrected chi connectivity index (χ0v) is 14.9. The van der Waals surface area contributed by atoms with Crippen molar-refractivity contribution in [3.05, 3.63) is 60.0 Å². The highest BCUT2D eigenvalue weighted by Gasteiger charge is 2.10. The fourth-order valence-corrected chi connectivity index (χ4v) is 2.56. The summed E-state index contributed by atoms with van der Waals surface area (Å²) in [5.74, 6) is 1.82. The Balaban J connectivity index is 1.48. The number of amides is 1. The molecule has 0 radical (unpaired) electrons. The number of rotatable bonds is 7. The second-order valence-electron chi connectivity index (χ2n) is 6.01. The van der Waals surface area contributed by atoms with Crippen molar-refractivity contribution < 1.29 is 14.1 Å². The number of hydrogen-bond donors (Lipinski definition) is 1. The van der Waals surface area contributed by atoms with Gasteiger partial charge in [-0.05, 0) is 43.7 Å². The lowest BCUT2D eigenvalue weighted by atomic mass is 10.1. The molecular formula is C20H21N3O3. The topological polar surface area (TPSA) is 77.2 Å². The van der Waals surface area contributed by atoms with E-state index in [0.717, 1.165) is 22.6 Å². The maximum atomic E-state index is 12.0. The standard InChI is InChI=1S/C20H21N3O3/c1-14-5-3-6-15(13-14)20-22-19(26-23-20)8-4-7-18(24)21-16-9-11-17(25-2)12-10-16/h3,5-6,9-13H,4,7-8H2,1-2H3,(H,21,24). The average molecular weight is 351 g/mol. The summed E-state index contributed by atoms with van der Waals surface area (Å²) in [5.41, 5.74) is 2.82. The SMILES string of the molecule is COc1ccc(NC(=O)CCCc2nc(-c3cccc(C)c3)no2)cc1. The van der Waals surface area contributed by atoms with E-state index in [1.54, 1.807) is 19.2 Å². The summed E-state index contributed by atoms with van der Waals surface area (Å²) in [6.45, 7) is 2.02. The minimum atomic E-state index is -0.0476. The lowest BCUT2D eigenvalue weighted by molar-refractivity contribution is -0.116. The highest BCUT2D eigenvalue weighted by molar-refractivity contribution is 5.90. The first kappa shape index (κ1) is 17.7. The summed E-state index contributed by atoms with van der Waals surface area (Å²) in [6.07, 6.45) is 1.58. The molecule has 0 atom stereocenters. The second kappa shape index (κ2) is 8.29. The smallest absolute Gasteiger partial charge is 0.226 e. The third-order valence-corrected chi connectivity index (χ3v) is 3.91. The molecule has 134 valence electrons. The summed E-state index contributed by atoms with van der Waals surface area (Å²) >= 11 is 0. The summed E-state index contributed by atoms with van der Waals surface area (Å²) in [4.78, 5) is 16.4. The number of benzene rings is 2. The molecule has 0 spiro atoms. The Morgan fingerprint density at radius 2 is 2.00 bits per heavy atom. The zero-order valence-electron chi connectivity index (χ0n) is 14.9. The monoisotopic (exact) mass is 351 g/mol. The Morgan fingerprint density at radius 3 is 2.73 bits per heavy atom. The molecule has 0 fully saturated rings. The molecule has 0 bridgehead atoms. The van der Waals surface area contributed by atoms with Crippen molar-refractivity contribution in [2.75, 3.05) is 12.4 Å². The van der Waals surface area contributed by atoms with Gasteiger partial charge >= 0.3 is 0 Å². The maximum absolute atomic E-state index is 12.0. The first-order valence-electron chi connectivity index (χ1n) is 8.47. The van der Waals surface area contributed by atoms with Crippen molar-refractivity contribution in [3.8, 4) is 17.1 Å². The van der Waals surface area contributed by atoms with Crippen molar-refractivity contribution in [1.82, 2.24) is 10.1 Å². The van der Waals surface area contributed by atoms with Crippen LogP contribution in [0.2, 0.25) is 0 Å². The molecule has 1 amide bonds. The summed E-state index contributed by atoms with van der Waals surface area (Å²) in [7, 11) is 1.61. The van der Waals surface area contributed by atoms with E-state index in [1.165, 1.54) is 0 Å². The normalized spacial score (nSPS) is 10.5. The lowest BCUT2D eigenvalue weighted by Crippen LogP contribution is -2.11. The summed E-state index contributed by atoms with van der Waals surface area (Å²) < 4.78 is 10.4. The van der Waals surface area contributed by atoms with E-state index in [0.29, 0.717) is 31.0 Å². The number of ether oxygens (including phenoxy) is 1. The third kappa shape index (κ3) is 4.69. The summed E-state index contributed by atoms with van der Waals surface area (Å²) in [6, 6.07) is 15.2. The molecule has 0 saturated heterocycles. The predicted octanol–water partition coefficient (Wildman–Crippen LogP) is 4.02. The molecule has 0 aliphatic carbocycles. The number of hydrogen-bond acceptors (Lipinski definition) is 5. The molecule has 6 heteroatoms. The van der Waals surface area contributed by atoms with Gasteiger partial charge in [0.05, 0.1) is 7.11 Å². The van der Waals surface area contributed by atoms with Crippen LogP contribution in [0.25, 0.3) is 11.4 Å². The highest BCUT2D eigenvalue weighted by atomic mass is 16.5. The van der Waals surface area contributed by atoms with Crippen molar-refractivity contribution >= 4 is 11.6 Å². The van der Waals surface area contributed by atoms with E-state index < -0.39 is 0 Å². The molecule has 26 heavy (non-hydrogen) atoms. The number of aryl methyl sites for hydroxylation is 2. The van der Waals surface area contributed by atoms with E-state index in [1.807, 2.05) is 43.3 Å². The average Bonchev–Trinajstić information content (AvgIpc) is 3.11. The Hall–Kier alpha value is -3.15. The van der Waals surface area contributed by atoms with Gasteiger partial charge in [0.1, 0.15) is 5.75 Å². The van der Waals surface area contributed by atoms with Crippen LogP contribution in [-0.4, -0.2) is 23.2 Å². The van der Waals surface area contributed by atoms with Gasteiger partial charge in [-0.2, -0.15) is 4.98 Å². The number of nitrogens with zero attached hydrogens (tertiary/aromatic N) is 2. The van der Waals surface area contributed by atoms with Crippen LogP contribution < -0.4 is 10.1 Å². The minimum Gasteiger partial charge on any atom is -0.497 e. The molecule has 3 rings (SSSR count). The number of carbonyl (C=O) groups is 1. The second-order valence-corrected chi connectivity index (χ2v) is 6.01. The fraction of sp³-hybridized carbons (Fsp3) is 0.250. The van der Waals surface area contributed by atoms with Gasteiger partial charge in [-0.25, -0.2) is 0 Å². The molecule has 3 aromatic rings. The van der Waals surface area contributed by atoms with Gasteiger partial charge in [0.15, 0.2) is 0 Å². The number of carbonyl (C=O) groups excluding carboxylic acids is 1. The first-order valence-corrected chi connectivity index (χ1v) is 8.47. The van der Waals surface area contributed by atoms with Crippen LogP contribution in [0, 0.1) is 6.92 Å². The molecule has 1 heterocycles. The molecule has 0 saturated carbocycles. The number of nitrogens with one attached hydrogen (secondary N) is 1. The molecule has 0 unspecified atom stereocenters. The lowest BCUT2D eigenvalue weighted by Gasteiger charge is -2.05. The van der Waals surface area contributed by atoms with Crippen LogP contribution in [0.5, 0.6) is 5.75 Å². The van der Waals surface area contributed by atoms with Gasteiger partial charge in [0, 0.05) is 24.1 Å². The van der Waals surface area contributed by atoms with Gasteiger partial charge in [0.2, 0.25) is 17.6 Å². The Bertz CT molecular complexity index is 872. The fourth-order valence-electron chi connectivity index (χ4n) is 2.56. The Morgan fingerprint density at radius 1 is 1.19 bits per heavy atom. The van der Waals surface area contributed by atoms with Gasteiger partial charge in [-0.3, -0.25) is 4.79 Å². The van der Waals surface area contributed by atoms with Crippen molar-refractivity contribution in [1.29, 1.82) is 0 Å². The van der Waals surface area contributed by atoms with Crippen LogP contribution in [0.15, 0.2) is 53.1 Å². The van der Waals surface area contributed by atoms with Crippen LogP contribution in [0.3, 0.4) is 0 Å². The predicted molar refractivity (Wildman–Crippen MR) is 99.0 cm³/mol. The van der Waals surface area contributed by atoms with E-state index in [4.69, 9.17) is 9.26 Å². The van der Waals surface area contributed by atoms with Crippen LogP contribution in [0.4, 0.5) is 5.69 Å². The Kier molecular flexibility index (Phi) is 5.63. The molecular weight excluding hydrogens is 330 g/mol. The van der Waals surface area contributed by atoms with Gasteiger partial charge in [0.25, 0.3) is 0 Å². The number of methoxy groups -OCH3 is 1. The van der Waals surface area contributed by atoms with E-state index in [-0.39, 0.29) is 5.91 Å². The van der Waals surface area contributed by atoms with E-state index in [2.05, 4.69) is 15.5 Å². The van der Waals surface area contributed by atoms with Crippen molar-refractivity contribution in [2.45, 2.75) is 26.2 Å². The Labute approximate surface area is 152 Å². The van der Waals surface area contributed by atoms with Gasteiger partial charge in [-0.1, -0.05) is 28.9 Å². The third-order valence-electron chi connectivity index (χ3n) is 3.91. The molecule has 6 nitrogen and oxygen atoms in total. The molecule has 1 aromatic heterocycles. The molecule has 0 aliphatic heterocycles. The zero-order chi connectivity index (χ0) is 18.4. The van der Waals surface area contributed by atoms with Crippen LogP contribution >= 0.6 is 0 Å². The number of aromatic nitrogens is 2. The van der Waals surface area contributed by atoms with E-state index >= 15 is 0 Å². The van der Waals surface area contributed by atoms with Crippen molar-refractivity contribution in [3.63, 3.8) is 0 Å². The quantitative estimate of drug-likeness (QED) is 0.696. The highest BCUT2D eigenvalue weighted by Crippen LogP contribution is 2.18. The van der Waals surface area contributed by atoms with Crippen LogP contribution in [0.1, 0.15) is 24.3 Å². The molecule has 1 N–H and O–H groups in total. The minimum absolute atomic E-state index is 0.0476. The van der Waals surface area contributed by atoms with Crippen LogP contribution in [-0.2, 0) is 11.2 Å². The summed E-state index contributed by atoms with van der Waals surface area (Å²) in [5, 5.41) is 6.87. The maximum Gasteiger partial charge on any atom is 0.226 e. The molecule has 0 aliphatic rings. The van der Waals surface area contributed by atoms with Crippen molar-refractivity contribution in [2.24, 2.45) is 0 Å². The van der Waals surface area contributed by atoms with E-state index in [9.17, 15) is 4.79 Å². The van der Waals surface area contributed by atoms with Gasteiger partial charge < -0.3 is 14.6 Å². The first-order chi connectivity index (χ1) is 12.6. The number of anilines is 1.